The quantitative estimate of drug-likeness (QED) is 0.638. The monoisotopic (exact) mass is 327 g/mol. The van der Waals surface area contributed by atoms with E-state index in [9.17, 15) is 9.59 Å². The summed E-state index contributed by atoms with van der Waals surface area (Å²) in [6, 6.07) is 14.0. The molecule has 2 aromatic carbocycles. The summed E-state index contributed by atoms with van der Waals surface area (Å²) >= 11 is 5.94. The fraction of sp³-hybridized carbons (Fsp3) is 0.111. The Balaban J connectivity index is 1.93. The minimum Gasteiger partial charge on any atom is -0.497 e. The molecule has 0 radical (unpaired) electrons. The van der Waals surface area contributed by atoms with Crippen LogP contribution in [0.4, 0.5) is 5.69 Å². The molecule has 1 fully saturated rings. The zero-order valence-corrected chi connectivity index (χ0v) is 13.2. The van der Waals surface area contributed by atoms with Gasteiger partial charge >= 0.3 is 0 Å². The number of halogens is 1. The summed E-state index contributed by atoms with van der Waals surface area (Å²) in [4.78, 5) is 25.9. The van der Waals surface area contributed by atoms with Crippen LogP contribution in [-0.2, 0) is 9.59 Å². The van der Waals surface area contributed by atoms with E-state index in [0.717, 1.165) is 10.5 Å². The van der Waals surface area contributed by atoms with E-state index < -0.39 is 0 Å². The van der Waals surface area contributed by atoms with Gasteiger partial charge in [-0.15, -0.1) is 0 Å². The van der Waals surface area contributed by atoms with E-state index >= 15 is 0 Å². The lowest BCUT2D eigenvalue weighted by Gasteiger charge is -2.13. The smallest absolute Gasteiger partial charge is 0.261 e. The van der Waals surface area contributed by atoms with Crippen LogP contribution in [0.25, 0.3) is 6.08 Å². The molecule has 116 valence electrons. The van der Waals surface area contributed by atoms with Crippen LogP contribution in [0, 0.1) is 0 Å². The van der Waals surface area contributed by atoms with Crippen molar-refractivity contribution in [3.63, 3.8) is 0 Å². The topological polar surface area (TPSA) is 46.6 Å². The lowest BCUT2D eigenvalue weighted by Crippen LogP contribution is -2.28. The van der Waals surface area contributed by atoms with Crippen molar-refractivity contribution in [2.75, 3.05) is 12.0 Å². The Morgan fingerprint density at radius 2 is 1.91 bits per heavy atom. The van der Waals surface area contributed by atoms with Crippen LogP contribution < -0.4 is 9.64 Å². The third-order valence-electron chi connectivity index (χ3n) is 3.57. The molecule has 2 aromatic rings. The molecule has 1 saturated heterocycles. The molecule has 0 saturated carbocycles. The van der Waals surface area contributed by atoms with Crippen molar-refractivity contribution in [1.29, 1.82) is 0 Å². The van der Waals surface area contributed by atoms with E-state index in [1.165, 1.54) is 0 Å². The number of hydrogen-bond acceptors (Lipinski definition) is 3. The van der Waals surface area contributed by atoms with Crippen LogP contribution in [0.5, 0.6) is 5.75 Å². The second-order valence-corrected chi connectivity index (χ2v) is 5.57. The largest absolute Gasteiger partial charge is 0.497 e. The SMILES string of the molecule is COc1cccc(/C=C2\CC(=O)N(c3cccc(Cl)c3)C2=O)c1. The summed E-state index contributed by atoms with van der Waals surface area (Å²) in [6.45, 7) is 0. The Labute approximate surface area is 138 Å². The standard InChI is InChI=1S/C18H14ClNO3/c1-23-16-7-2-4-12(9-16)8-13-10-17(21)20(18(13)22)15-6-3-5-14(19)11-15/h2-9,11H,10H2,1H3/b13-8+. The van der Waals surface area contributed by atoms with Crippen molar-refractivity contribution >= 4 is 35.2 Å². The molecular weight excluding hydrogens is 314 g/mol. The van der Waals surface area contributed by atoms with Gasteiger partial charge in [0.05, 0.1) is 19.2 Å². The van der Waals surface area contributed by atoms with Crippen molar-refractivity contribution in [3.05, 3.63) is 64.7 Å². The maximum Gasteiger partial charge on any atom is 0.261 e. The number of benzene rings is 2. The molecule has 0 spiro atoms. The van der Waals surface area contributed by atoms with Gasteiger partial charge in [0.1, 0.15) is 5.75 Å². The van der Waals surface area contributed by atoms with Crippen LogP contribution in [0.2, 0.25) is 5.02 Å². The normalized spacial score (nSPS) is 16.3. The molecule has 5 heteroatoms. The minimum atomic E-state index is -0.319. The van der Waals surface area contributed by atoms with Crippen LogP contribution in [0.1, 0.15) is 12.0 Å². The van der Waals surface area contributed by atoms with Gasteiger partial charge in [-0.25, -0.2) is 4.90 Å². The predicted molar refractivity (Wildman–Crippen MR) is 89.5 cm³/mol. The molecule has 0 bridgehead atoms. The van der Waals surface area contributed by atoms with Gasteiger partial charge in [-0.05, 0) is 42.0 Å². The highest BCUT2D eigenvalue weighted by molar-refractivity contribution is 6.32. The average molecular weight is 328 g/mol. The number of carbonyl (C=O) groups is 2. The summed E-state index contributed by atoms with van der Waals surface area (Å²) in [7, 11) is 1.58. The summed E-state index contributed by atoms with van der Waals surface area (Å²) in [6.07, 6.45) is 1.79. The number of nitrogens with zero attached hydrogens (tertiary/aromatic N) is 1. The Morgan fingerprint density at radius 3 is 2.65 bits per heavy atom. The molecule has 3 rings (SSSR count). The molecule has 4 nitrogen and oxygen atoms in total. The first-order valence-corrected chi connectivity index (χ1v) is 7.44. The second-order valence-electron chi connectivity index (χ2n) is 5.14. The summed E-state index contributed by atoms with van der Waals surface area (Å²) in [5.41, 5.74) is 1.75. The highest BCUT2D eigenvalue weighted by atomic mass is 35.5. The van der Waals surface area contributed by atoms with Gasteiger partial charge in [0, 0.05) is 10.6 Å². The van der Waals surface area contributed by atoms with Gasteiger partial charge in [0.25, 0.3) is 5.91 Å². The summed E-state index contributed by atoms with van der Waals surface area (Å²) in [5, 5.41) is 0.480. The summed E-state index contributed by atoms with van der Waals surface area (Å²) < 4.78 is 5.16. The number of carbonyl (C=O) groups excluding carboxylic acids is 2. The van der Waals surface area contributed by atoms with E-state index in [4.69, 9.17) is 16.3 Å². The van der Waals surface area contributed by atoms with Gasteiger partial charge < -0.3 is 4.74 Å². The first kappa shape index (κ1) is 15.3. The fourth-order valence-electron chi connectivity index (χ4n) is 2.50. The van der Waals surface area contributed by atoms with Crippen LogP contribution >= 0.6 is 11.6 Å². The van der Waals surface area contributed by atoms with Gasteiger partial charge in [-0.3, -0.25) is 9.59 Å². The Hall–Kier alpha value is -2.59. The van der Waals surface area contributed by atoms with Crippen molar-refractivity contribution in [1.82, 2.24) is 0 Å². The number of anilines is 1. The van der Waals surface area contributed by atoms with Crippen LogP contribution in [-0.4, -0.2) is 18.9 Å². The first-order chi connectivity index (χ1) is 11.1. The molecule has 0 aromatic heterocycles. The molecule has 2 amide bonds. The fourth-order valence-corrected chi connectivity index (χ4v) is 2.68. The molecule has 1 aliphatic rings. The zero-order chi connectivity index (χ0) is 16.4. The average Bonchev–Trinajstić information content (AvgIpc) is 2.81. The van der Waals surface area contributed by atoms with Crippen molar-refractivity contribution in [2.45, 2.75) is 6.42 Å². The van der Waals surface area contributed by atoms with Crippen molar-refractivity contribution in [2.24, 2.45) is 0 Å². The van der Waals surface area contributed by atoms with Gasteiger partial charge in [0.15, 0.2) is 0 Å². The Morgan fingerprint density at radius 1 is 1.13 bits per heavy atom. The Kier molecular flexibility index (Phi) is 4.17. The highest BCUT2D eigenvalue weighted by Gasteiger charge is 2.34. The maximum absolute atomic E-state index is 12.5. The van der Waals surface area contributed by atoms with Crippen LogP contribution in [0.3, 0.4) is 0 Å². The number of methoxy groups -OCH3 is 1. The molecule has 1 heterocycles. The number of rotatable bonds is 3. The van der Waals surface area contributed by atoms with E-state index in [-0.39, 0.29) is 18.2 Å². The highest BCUT2D eigenvalue weighted by Crippen LogP contribution is 2.29. The third kappa shape index (κ3) is 3.12. The summed E-state index contributed by atoms with van der Waals surface area (Å²) in [5.74, 6) is 0.120. The number of imide groups is 1. The molecule has 0 N–H and O–H groups in total. The maximum atomic E-state index is 12.5. The lowest BCUT2D eigenvalue weighted by atomic mass is 10.1. The minimum absolute atomic E-state index is 0.0720. The van der Waals surface area contributed by atoms with Gasteiger partial charge in [-0.2, -0.15) is 0 Å². The molecular formula is C18H14ClNO3. The zero-order valence-electron chi connectivity index (χ0n) is 12.5. The number of ether oxygens (including phenoxy) is 1. The second kappa shape index (κ2) is 6.26. The molecule has 0 aliphatic carbocycles. The van der Waals surface area contributed by atoms with Gasteiger partial charge in [-0.1, -0.05) is 29.8 Å². The Bertz CT molecular complexity index is 813. The third-order valence-corrected chi connectivity index (χ3v) is 3.81. The van der Waals surface area contributed by atoms with Crippen molar-refractivity contribution < 1.29 is 14.3 Å². The molecule has 23 heavy (non-hydrogen) atoms. The lowest BCUT2D eigenvalue weighted by molar-refractivity contribution is -0.120. The molecule has 0 atom stereocenters. The number of amides is 2. The predicted octanol–water partition coefficient (Wildman–Crippen LogP) is 3.70. The van der Waals surface area contributed by atoms with Gasteiger partial charge in [0.2, 0.25) is 5.91 Å². The first-order valence-electron chi connectivity index (χ1n) is 7.06. The van der Waals surface area contributed by atoms with E-state index in [1.54, 1.807) is 37.5 Å². The van der Waals surface area contributed by atoms with Crippen molar-refractivity contribution in [3.8, 4) is 5.75 Å². The molecule has 1 aliphatic heterocycles. The van der Waals surface area contributed by atoms with E-state index in [0.29, 0.717) is 22.0 Å². The van der Waals surface area contributed by atoms with E-state index in [1.807, 2.05) is 24.3 Å². The van der Waals surface area contributed by atoms with E-state index in [2.05, 4.69) is 0 Å². The molecule has 0 unspecified atom stereocenters. The van der Waals surface area contributed by atoms with Crippen LogP contribution in [0.15, 0.2) is 54.1 Å². The number of hydrogen-bond donors (Lipinski definition) is 0.